The zero-order chi connectivity index (χ0) is 12.1. The van der Waals surface area contributed by atoms with Crippen molar-refractivity contribution in [1.82, 2.24) is 0 Å². The Bertz CT molecular complexity index is 249. The average Bonchev–Trinajstić information content (AvgIpc) is 2.12. The molecule has 0 aliphatic rings. The van der Waals surface area contributed by atoms with Gasteiger partial charge >= 0.3 is 5.97 Å². The van der Waals surface area contributed by atoms with Crippen molar-refractivity contribution in [3.8, 4) is 0 Å². The van der Waals surface area contributed by atoms with Crippen LogP contribution in [0.2, 0.25) is 25.7 Å². The second kappa shape index (κ2) is 6.11. The van der Waals surface area contributed by atoms with Gasteiger partial charge in [-0.1, -0.05) is 32.1 Å². The summed E-state index contributed by atoms with van der Waals surface area (Å²) < 4.78 is 5.10. The molecule has 0 radical (unpaired) electrons. The van der Waals surface area contributed by atoms with Gasteiger partial charge in [-0.25, -0.2) is 4.79 Å². The number of esters is 1. The summed E-state index contributed by atoms with van der Waals surface area (Å²) >= 11 is 0. The molecule has 3 heteroatoms. The van der Waals surface area contributed by atoms with Gasteiger partial charge in [-0.05, 0) is 26.3 Å². The van der Waals surface area contributed by atoms with E-state index in [2.05, 4.69) is 26.6 Å². The van der Waals surface area contributed by atoms with Crippen molar-refractivity contribution < 1.29 is 9.53 Å². The fraction of sp³-hybridized carbons (Fsp3) is 0.750. The van der Waals surface area contributed by atoms with Crippen LogP contribution < -0.4 is 0 Å². The molecule has 88 valence electrons. The van der Waals surface area contributed by atoms with Crippen molar-refractivity contribution >= 4 is 14.0 Å². The minimum Gasteiger partial charge on any atom is -0.463 e. The maximum Gasteiger partial charge on any atom is 0.333 e. The molecule has 0 aromatic heterocycles. The SMILES string of the molecule is CCOC(=O)/C(C[Si](C)(C)C)=C(\C)CC. The molecule has 0 aliphatic heterocycles. The standard InChI is InChI=1S/C12H24O2Si/c1-7-10(3)11(9-15(4,5)6)12(13)14-8-2/h7-9H2,1-6H3/b11-10+. The Morgan fingerprint density at radius 1 is 1.20 bits per heavy atom. The number of hydrogen-bond donors (Lipinski definition) is 0. The molecule has 0 saturated heterocycles. The van der Waals surface area contributed by atoms with Crippen LogP contribution in [0.1, 0.15) is 27.2 Å². The number of rotatable bonds is 5. The zero-order valence-electron chi connectivity index (χ0n) is 10.9. The van der Waals surface area contributed by atoms with Crippen molar-refractivity contribution in [2.24, 2.45) is 0 Å². The highest BCUT2D eigenvalue weighted by molar-refractivity contribution is 6.77. The predicted molar refractivity (Wildman–Crippen MR) is 67.8 cm³/mol. The van der Waals surface area contributed by atoms with E-state index in [1.54, 1.807) is 0 Å². The van der Waals surface area contributed by atoms with Crippen molar-refractivity contribution in [2.75, 3.05) is 6.61 Å². The van der Waals surface area contributed by atoms with Gasteiger partial charge in [-0.3, -0.25) is 0 Å². The normalized spacial score (nSPS) is 13.5. The van der Waals surface area contributed by atoms with Gasteiger partial charge in [0.1, 0.15) is 0 Å². The van der Waals surface area contributed by atoms with E-state index in [-0.39, 0.29) is 5.97 Å². The van der Waals surface area contributed by atoms with E-state index >= 15 is 0 Å². The summed E-state index contributed by atoms with van der Waals surface area (Å²) in [4.78, 5) is 11.8. The Labute approximate surface area is 94.7 Å². The Hall–Kier alpha value is -0.573. The molecule has 0 aliphatic carbocycles. The van der Waals surface area contributed by atoms with Crippen LogP contribution >= 0.6 is 0 Å². The van der Waals surface area contributed by atoms with E-state index in [4.69, 9.17) is 4.74 Å². The van der Waals surface area contributed by atoms with E-state index < -0.39 is 8.07 Å². The van der Waals surface area contributed by atoms with E-state index in [0.717, 1.165) is 18.0 Å². The highest BCUT2D eigenvalue weighted by atomic mass is 28.3. The third-order valence-electron chi connectivity index (χ3n) is 2.27. The molecule has 0 amide bonds. The lowest BCUT2D eigenvalue weighted by molar-refractivity contribution is -0.138. The molecule has 0 N–H and O–H groups in total. The van der Waals surface area contributed by atoms with Gasteiger partial charge in [-0.2, -0.15) is 0 Å². The van der Waals surface area contributed by atoms with Crippen LogP contribution in [0.3, 0.4) is 0 Å². The molecule has 0 unspecified atom stereocenters. The van der Waals surface area contributed by atoms with Gasteiger partial charge in [0, 0.05) is 13.6 Å². The largest absolute Gasteiger partial charge is 0.463 e. The first-order chi connectivity index (χ1) is 6.81. The molecule has 0 aromatic rings. The second-order valence-electron chi connectivity index (χ2n) is 5.07. The number of hydrogen-bond acceptors (Lipinski definition) is 2. The van der Waals surface area contributed by atoms with Crippen LogP contribution in [-0.2, 0) is 9.53 Å². The quantitative estimate of drug-likeness (QED) is 0.408. The molecule has 15 heavy (non-hydrogen) atoms. The smallest absolute Gasteiger partial charge is 0.333 e. The van der Waals surface area contributed by atoms with Crippen LogP contribution in [-0.4, -0.2) is 20.7 Å². The summed E-state index contributed by atoms with van der Waals surface area (Å²) in [6, 6.07) is 0.922. The number of carbonyl (C=O) groups is 1. The molecular weight excluding hydrogens is 204 g/mol. The van der Waals surface area contributed by atoms with Gasteiger partial charge in [0.15, 0.2) is 0 Å². The van der Waals surface area contributed by atoms with Crippen molar-refractivity contribution in [3.05, 3.63) is 11.1 Å². The minimum absolute atomic E-state index is 0.112. The van der Waals surface area contributed by atoms with Crippen LogP contribution in [0.5, 0.6) is 0 Å². The van der Waals surface area contributed by atoms with Crippen molar-refractivity contribution in [3.63, 3.8) is 0 Å². The highest BCUT2D eigenvalue weighted by Gasteiger charge is 2.22. The lowest BCUT2D eigenvalue weighted by Crippen LogP contribution is -2.24. The Balaban J connectivity index is 4.84. The molecule has 0 spiro atoms. The van der Waals surface area contributed by atoms with E-state index in [1.165, 1.54) is 5.57 Å². The van der Waals surface area contributed by atoms with Crippen LogP contribution in [0.15, 0.2) is 11.1 Å². The minimum atomic E-state index is -1.25. The first kappa shape index (κ1) is 14.4. The molecule has 0 rings (SSSR count). The zero-order valence-corrected chi connectivity index (χ0v) is 11.9. The fourth-order valence-corrected chi connectivity index (χ4v) is 2.87. The van der Waals surface area contributed by atoms with Gasteiger partial charge in [-0.15, -0.1) is 0 Å². The number of allylic oxidation sites excluding steroid dienone is 1. The maximum atomic E-state index is 11.8. The Morgan fingerprint density at radius 3 is 2.07 bits per heavy atom. The Morgan fingerprint density at radius 2 is 1.73 bits per heavy atom. The third kappa shape index (κ3) is 5.77. The molecule has 2 nitrogen and oxygen atoms in total. The monoisotopic (exact) mass is 228 g/mol. The lowest BCUT2D eigenvalue weighted by Gasteiger charge is -2.19. The first-order valence-corrected chi connectivity index (χ1v) is 9.38. The number of carbonyl (C=O) groups excluding carboxylic acids is 1. The summed E-state index contributed by atoms with van der Waals surface area (Å²) in [5.41, 5.74) is 2.09. The summed E-state index contributed by atoms with van der Waals surface area (Å²) in [5.74, 6) is -0.112. The first-order valence-electron chi connectivity index (χ1n) is 5.67. The molecular formula is C12H24O2Si. The van der Waals surface area contributed by atoms with Crippen LogP contribution in [0.25, 0.3) is 0 Å². The van der Waals surface area contributed by atoms with Gasteiger partial charge < -0.3 is 4.74 Å². The second-order valence-corrected chi connectivity index (χ2v) is 10.5. The van der Waals surface area contributed by atoms with E-state index in [1.807, 2.05) is 13.8 Å². The lowest BCUT2D eigenvalue weighted by atomic mass is 10.1. The maximum absolute atomic E-state index is 11.8. The van der Waals surface area contributed by atoms with E-state index in [0.29, 0.717) is 6.61 Å². The number of ether oxygens (including phenoxy) is 1. The molecule has 0 aromatic carbocycles. The van der Waals surface area contributed by atoms with Gasteiger partial charge in [0.25, 0.3) is 0 Å². The summed E-state index contributed by atoms with van der Waals surface area (Å²) in [6.07, 6.45) is 0.929. The Kier molecular flexibility index (Phi) is 5.87. The van der Waals surface area contributed by atoms with E-state index in [9.17, 15) is 4.79 Å². The van der Waals surface area contributed by atoms with Gasteiger partial charge in [0.2, 0.25) is 0 Å². The summed E-state index contributed by atoms with van der Waals surface area (Å²) in [6.45, 7) is 13.3. The molecule has 0 bridgehead atoms. The fourth-order valence-electron chi connectivity index (χ4n) is 1.36. The molecule has 0 fully saturated rings. The average molecular weight is 228 g/mol. The topological polar surface area (TPSA) is 26.3 Å². The predicted octanol–water partition coefficient (Wildman–Crippen LogP) is 3.61. The summed E-state index contributed by atoms with van der Waals surface area (Å²) in [7, 11) is -1.25. The van der Waals surface area contributed by atoms with Crippen LogP contribution in [0, 0.1) is 0 Å². The van der Waals surface area contributed by atoms with Crippen molar-refractivity contribution in [2.45, 2.75) is 52.9 Å². The molecule has 0 atom stereocenters. The molecule has 0 heterocycles. The van der Waals surface area contributed by atoms with Gasteiger partial charge in [0.05, 0.1) is 6.61 Å². The summed E-state index contributed by atoms with van der Waals surface area (Å²) in [5, 5.41) is 0. The highest BCUT2D eigenvalue weighted by Crippen LogP contribution is 2.22. The third-order valence-corrected chi connectivity index (χ3v) is 3.69. The van der Waals surface area contributed by atoms with Crippen LogP contribution in [0.4, 0.5) is 0 Å². The molecule has 0 saturated carbocycles. The van der Waals surface area contributed by atoms with Crippen molar-refractivity contribution in [1.29, 1.82) is 0 Å².